The molecule has 26 heavy (non-hydrogen) atoms. The van der Waals surface area contributed by atoms with E-state index in [-0.39, 0.29) is 12.0 Å². The molecule has 1 aromatic carbocycles. The lowest BCUT2D eigenvalue weighted by atomic mass is 10.0. The number of aromatic nitrogens is 2. The lowest BCUT2D eigenvalue weighted by molar-refractivity contribution is 0.134. The topological polar surface area (TPSA) is 67.7 Å². The Kier molecular flexibility index (Phi) is 4.62. The van der Waals surface area contributed by atoms with Crippen molar-refractivity contribution in [1.82, 2.24) is 9.97 Å². The van der Waals surface area contributed by atoms with Gasteiger partial charge in [0.1, 0.15) is 5.82 Å². The Morgan fingerprint density at radius 1 is 1.31 bits per heavy atom. The van der Waals surface area contributed by atoms with Gasteiger partial charge in [-0.15, -0.1) is 0 Å². The summed E-state index contributed by atoms with van der Waals surface area (Å²) in [6.45, 7) is 3.93. The molecular formula is C18H21ClN4O2S. The molecule has 0 aliphatic carbocycles. The van der Waals surface area contributed by atoms with E-state index in [1.807, 2.05) is 31.2 Å². The smallest absolute Gasteiger partial charge is 0.259 e. The van der Waals surface area contributed by atoms with Gasteiger partial charge in [0.15, 0.2) is 0 Å². The van der Waals surface area contributed by atoms with Crippen molar-refractivity contribution in [2.24, 2.45) is 4.36 Å². The van der Waals surface area contributed by atoms with Gasteiger partial charge in [-0.3, -0.25) is 0 Å². The molecule has 2 atom stereocenters. The summed E-state index contributed by atoms with van der Waals surface area (Å²) in [7, 11) is -2.52. The first-order chi connectivity index (χ1) is 12.4. The predicted molar refractivity (Wildman–Crippen MR) is 104 cm³/mol. The zero-order chi connectivity index (χ0) is 18.3. The molecule has 3 aliphatic heterocycles. The van der Waals surface area contributed by atoms with E-state index in [4.69, 9.17) is 16.3 Å². The molecule has 3 aliphatic rings. The molecule has 0 spiro atoms. The second-order valence-electron chi connectivity index (χ2n) is 6.86. The molecule has 0 radical (unpaired) electrons. The third-order valence-electron chi connectivity index (χ3n) is 4.60. The molecule has 8 heteroatoms. The SMILES string of the molecule is Cc1cc2nc(n1)N=S(C)(=O)Cc1ccc(c(Cl)c1)[C@H]1COCCCN21. The lowest BCUT2D eigenvalue weighted by Crippen LogP contribution is -2.32. The fourth-order valence-corrected chi connectivity index (χ4v) is 5.10. The van der Waals surface area contributed by atoms with Gasteiger partial charge in [-0.1, -0.05) is 23.7 Å². The summed E-state index contributed by atoms with van der Waals surface area (Å²) in [5, 5.41) is 0.657. The van der Waals surface area contributed by atoms with Gasteiger partial charge < -0.3 is 9.64 Å². The van der Waals surface area contributed by atoms with E-state index in [0.29, 0.717) is 24.0 Å². The number of aryl methyl sites for hydroxylation is 1. The zero-order valence-corrected chi connectivity index (χ0v) is 16.4. The van der Waals surface area contributed by atoms with Gasteiger partial charge in [-0.2, -0.15) is 9.35 Å². The first kappa shape index (κ1) is 17.7. The number of rotatable bonds is 0. The highest BCUT2D eigenvalue weighted by atomic mass is 35.5. The minimum Gasteiger partial charge on any atom is -0.379 e. The van der Waals surface area contributed by atoms with Gasteiger partial charge in [0, 0.05) is 36.2 Å². The van der Waals surface area contributed by atoms with E-state index in [1.54, 1.807) is 6.26 Å². The van der Waals surface area contributed by atoms with Gasteiger partial charge in [0.2, 0.25) is 0 Å². The summed E-state index contributed by atoms with van der Waals surface area (Å²) in [4.78, 5) is 11.2. The molecule has 0 N–H and O–H groups in total. The minimum atomic E-state index is -2.52. The molecule has 138 valence electrons. The van der Waals surface area contributed by atoms with Crippen LogP contribution in [0.4, 0.5) is 11.8 Å². The van der Waals surface area contributed by atoms with Gasteiger partial charge in [0.25, 0.3) is 5.95 Å². The molecule has 2 aromatic rings. The fraction of sp³-hybridized carbons (Fsp3) is 0.444. The number of benzene rings is 1. The van der Waals surface area contributed by atoms with Crippen molar-refractivity contribution in [3.8, 4) is 0 Å². The highest BCUT2D eigenvalue weighted by Gasteiger charge is 2.27. The van der Waals surface area contributed by atoms with Crippen molar-refractivity contribution in [3.63, 3.8) is 0 Å². The largest absolute Gasteiger partial charge is 0.379 e. The maximum Gasteiger partial charge on any atom is 0.259 e. The predicted octanol–water partition coefficient (Wildman–Crippen LogP) is 3.65. The number of fused-ring (bicyclic) bond motifs is 3. The van der Waals surface area contributed by atoms with Crippen molar-refractivity contribution in [2.45, 2.75) is 25.1 Å². The van der Waals surface area contributed by atoms with Crippen molar-refractivity contribution in [3.05, 3.63) is 46.1 Å². The normalized spacial score (nSPS) is 25.5. The zero-order valence-electron chi connectivity index (χ0n) is 14.8. The molecule has 1 unspecified atom stereocenters. The Labute approximate surface area is 158 Å². The molecule has 5 rings (SSSR count). The molecule has 1 fully saturated rings. The maximum atomic E-state index is 13.0. The summed E-state index contributed by atoms with van der Waals surface area (Å²) < 4.78 is 23.2. The summed E-state index contributed by atoms with van der Waals surface area (Å²) in [5.41, 5.74) is 2.68. The van der Waals surface area contributed by atoms with Crippen LogP contribution in [0.25, 0.3) is 0 Å². The number of hydrogen-bond acceptors (Lipinski definition) is 6. The summed E-state index contributed by atoms with van der Waals surface area (Å²) in [5.74, 6) is 1.35. The number of halogens is 1. The molecule has 6 nitrogen and oxygen atoms in total. The van der Waals surface area contributed by atoms with Crippen LogP contribution in [0.5, 0.6) is 0 Å². The summed E-state index contributed by atoms with van der Waals surface area (Å²) in [6.07, 6.45) is 2.53. The maximum absolute atomic E-state index is 13.0. The Balaban J connectivity index is 1.98. The Bertz CT molecular complexity index is 972. The first-order valence-corrected chi connectivity index (χ1v) is 11.1. The van der Waals surface area contributed by atoms with Crippen LogP contribution in [0, 0.1) is 6.92 Å². The molecule has 4 bridgehead atoms. The highest BCUT2D eigenvalue weighted by molar-refractivity contribution is 7.92. The Morgan fingerprint density at radius 3 is 2.96 bits per heavy atom. The Morgan fingerprint density at radius 2 is 2.15 bits per heavy atom. The monoisotopic (exact) mass is 392 g/mol. The quantitative estimate of drug-likeness (QED) is 0.684. The van der Waals surface area contributed by atoms with Crippen LogP contribution >= 0.6 is 11.6 Å². The first-order valence-electron chi connectivity index (χ1n) is 8.59. The van der Waals surface area contributed by atoms with Crippen LogP contribution in [-0.4, -0.2) is 40.2 Å². The van der Waals surface area contributed by atoms with Gasteiger partial charge in [-0.25, -0.2) is 9.19 Å². The number of anilines is 1. The molecule has 0 saturated carbocycles. The van der Waals surface area contributed by atoms with Crippen LogP contribution in [0.1, 0.15) is 29.3 Å². The molecular weight excluding hydrogens is 372 g/mol. The molecule has 0 amide bonds. The van der Waals surface area contributed by atoms with E-state index in [2.05, 4.69) is 19.2 Å². The second kappa shape index (κ2) is 6.79. The van der Waals surface area contributed by atoms with E-state index < -0.39 is 9.73 Å². The van der Waals surface area contributed by atoms with E-state index in [9.17, 15) is 4.21 Å². The van der Waals surface area contributed by atoms with Gasteiger partial charge in [0.05, 0.1) is 28.1 Å². The summed E-state index contributed by atoms with van der Waals surface area (Å²) >= 11 is 6.61. The molecule has 1 aromatic heterocycles. The lowest BCUT2D eigenvalue weighted by Gasteiger charge is -2.32. The minimum absolute atomic E-state index is 0.0355. The average molecular weight is 393 g/mol. The van der Waals surface area contributed by atoms with Crippen molar-refractivity contribution >= 4 is 33.1 Å². The van der Waals surface area contributed by atoms with E-state index >= 15 is 0 Å². The molecule has 4 heterocycles. The number of hydrogen-bond donors (Lipinski definition) is 0. The standard InChI is InChI=1S/C18H21ClN4O2S/c1-12-8-17-21-18(20-12)22-26(2,24)11-13-4-5-14(15(19)9-13)16-10-25-7-3-6-23(16)17/h4-5,8-9,16H,3,6-7,10-11H2,1-2H3/t16-,26?/m1/s1. The van der Waals surface area contributed by atoms with Crippen LogP contribution in [-0.2, 0) is 20.2 Å². The van der Waals surface area contributed by atoms with Crippen LogP contribution in [0.3, 0.4) is 0 Å². The van der Waals surface area contributed by atoms with Crippen molar-refractivity contribution in [1.29, 1.82) is 0 Å². The number of nitrogens with zero attached hydrogens (tertiary/aromatic N) is 4. The average Bonchev–Trinajstić information content (AvgIpc) is 2.78. The summed E-state index contributed by atoms with van der Waals surface area (Å²) in [6, 6.07) is 7.77. The van der Waals surface area contributed by atoms with E-state index in [1.165, 1.54) is 0 Å². The third-order valence-corrected chi connectivity index (χ3v) is 6.34. The van der Waals surface area contributed by atoms with Crippen molar-refractivity contribution < 1.29 is 8.95 Å². The highest BCUT2D eigenvalue weighted by Crippen LogP contribution is 2.35. The van der Waals surface area contributed by atoms with Gasteiger partial charge in [-0.05, 0) is 30.5 Å². The van der Waals surface area contributed by atoms with Crippen molar-refractivity contribution in [2.75, 3.05) is 30.9 Å². The molecule has 1 saturated heterocycles. The van der Waals surface area contributed by atoms with Gasteiger partial charge >= 0.3 is 0 Å². The van der Waals surface area contributed by atoms with Crippen LogP contribution in [0.15, 0.2) is 28.6 Å². The third kappa shape index (κ3) is 3.56. The Hall–Kier alpha value is -1.70. The fourth-order valence-electron chi connectivity index (χ4n) is 3.48. The van der Waals surface area contributed by atoms with E-state index in [0.717, 1.165) is 35.6 Å². The van der Waals surface area contributed by atoms with Crippen LogP contribution in [0.2, 0.25) is 5.02 Å². The number of ether oxygens (including phenoxy) is 1. The second-order valence-corrected chi connectivity index (χ2v) is 9.65. The van der Waals surface area contributed by atoms with Crippen LogP contribution < -0.4 is 4.90 Å².